The molecule has 0 N–H and O–H groups in total. The van der Waals surface area contributed by atoms with Gasteiger partial charge in [0, 0.05) is 32.6 Å². The summed E-state index contributed by atoms with van der Waals surface area (Å²) in [6.45, 7) is 4.22. The molecule has 5 rings (SSSR count). The Morgan fingerprint density at radius 1 is 0.969 bits per heavy atom. The summed E-state index contributed by atoms with van der Waals surface area (Å²) in [5.74, 6) is 0.808. The number of carbonyl (C=O) groups is 1. The summed E-state index contributed by atoms with van der Waals surface area (Å²) in [6, 6.07) is 16.0. The molecule has 1 amide bonds. The second kappa shape index (κ2) is 8.37. The van der Waals surface area contributed by atoms with Gasteiger partial charge < -0.3 is 9.80 Å². The average molecular weight is 430 g/mol. The van der Waals surface area contributed by atoms with Crippen molar-refractivity contribution in [2.75, 3.05) is 31.1 Å². The van der Waals surface area contributed by atoms with Crippen molar-refractivity contribution in [3.63, 3.8) is 0 Å². The number of nitrogens with zero attached hydrogens (tertiary/aromatic N) is 6. The van der Waals surface area contributed by atoms with Gasteiger partial charge in [-0.2, -0.15) is 5.10 Å². The van der Waals surface area contributed by atoms with Crippen LogP contribution >= 0.6 is 0 Å². The quantitative estimate of drug-likeness (QED) is 0.496. The Labute approximate surface area is 185 Å². The fourth-order valence-corrected chi connectivity index (χ4v) is 4.02. The van der Waals surface area contributed by atoms with Crippen LogP contribution in [0, 0.1) is 5.82 Å². The Balaban J connectivity index is 1.43. The number of piperazine rings is 1. The van der Waals surface area contributed by atoms with E-state index in [1.165, 1.54) is 12.1 Å². The molecule has 2 aromatic heterocycles. The van der Waals surface area contributed by atoms with Crippen LogP contribution in [-0.2, 0) is 6.42 Å². The standard InChI is InChI=1S/C24H23FN6O/c1-2-21-27-22(19-16-26-31(23(19)28-21)17-8-4-3-5-9-17)29-12-14-30(15-13-29)24(32)18-10-6-7-11-20(18)25/h3-11,16H,2,12-15H2,1H3. The molecule has 3 heterocycles. The zero-order valence-corrected chi connectivity index (χ0v) is 17.8. The van der Waals surface area contributed by atoms with Crippen LogP contribution in [0.2, 0.25) is 0 Å². The summed E-state index contributed by atoms with van der Waals surface area (Å²) in [7, 11) is 0. The molecule has 0 unspecified atom stereocenters. The molecule has 2 aromatic carbocycles. The van der Waals surface area contributed by atoms with Gasteiger partial charge in [0.25, 0.3) is 5.91 Å². The molecule has 0 bridgehead atoms. The third-order valence-corrected chi connectivity index (χ3v) is 5.74. The van der Waals surface area contributed by atoms with Gasteiger partial charge in [0.1, 0.15) is 17.5 Å². The largest absolute Gasteiger partial charge is 0.352 e. The molecule has 0 aliphatic carbocycles. The van der Waals surface area contributed by atoms with Crippen molar-refractivity contribution in [3.05, 3.63) is 78.0 Å². The number of rotatable bonds is 4. The topological polar surface area (TPSA) is 67.2 Å². The fraction of sp³-hybridized carbons (Fsp3) is 0.250. The molecule has 162 valence electrons. The number of halogens is 1. The van der Waals surface area contributed by atoms with Crippen LogP contribution in [0.25, 0.3) is 16.7 Å². The highest BCUT2D eigenvalue weighted by Gasteiger charge is 2.26. The number of benzene rings is 2. The Hall–Kier alpha value is -3.81. The van der Waals surface area contributed by atoms with Gasteiger partial charge in [-0.3, -0.25) is 4.79 Å². The van der Waals surface area contributed by atoms with Gasteiger partial charge >= 0.3 is 0 Å². The van der Waals surface area contributed by atoms with E-state index in [1.54, 1.807) is 23.2 Å². The number of aromatic nitrogens is 4. The second-order valence-corrected chi connectivity index (χ2v) is 7.71. The molecule has 1 fully saturated rings. The number of hydrogen-bond donors (Lipinski definition) is 0. The number of hydrogen-bond acceptors (Lipinski definition) is 5. The Morgan fingerprint density at radius 2 is 1.69 bits per heavy atom. The summed E-state index contributed by atoms with van der Waals surface area (Å²) in [6.07, 6.45) is 2.50. The number of fused-ring (bicyclic) bond motifs is 1. The number of carbonyl (C=O) groups excluding carboxylic acids is 1. The van der Waals surface area contributed by atoms with Crippen molar-refractivity contribution < 1.29 is 9.18 Å². The number of amides is 1. The maximum atomic E-state index is 14.1. The lowest BCUT2D eigenvalue weighted by molar-refractivity contribution is 0.0742. The first-order chi connectivity index (χ1) is 15.7. The monoisotopic (exact) mass is 430 g/mol. The minimum Gasteiger partial charge on any atom is -0.352 e. The van der Waals surface area contributed by atoms with E-state index in [4.69, 9.17) is 9.97 Å². The zero-order chi connectivity index (χ0) is 22.1. The average Bonchev–Trinajstić information content (AvgIpc) is 3.28. The molecule has 7 nitrogen and oxygen atoms in total. The first-order valence-electron chi connectivity index (χ1n) is 10.7. The van der Waals surface area contributed by atoms with Crippen molar-refractivity contribution in [2.45, 2.75) is 13.3 Å². The summed E-state index contributed by atoms with van der Waals surface area (Å²) in [5.41, 5.74) is 1.82. The van der Waals surface area contributed by atoms with Gasteiger partial charge in [-0.25, -0.2) is 19.0 Å². The highest BCUT2D eigenvalue weighted by atomic mass is 19.1. The molecule has 0 atom stereocenters. The van der Waals surface area contributed by atoms with Gasteiger partial charge in [0.05, 0.1) is 22.8 Å². The summed E-state index contributed by atoms with van der Waals surface area (Å²) in [4.78, 5) is 26.1. The van der Waals surface area contributed by atoms with Crippen molar-refractivity contribution in [1.82, 2.24) is 24.6 Å². The normalized spacial score (nSPS) is 14.2. The van der Waals surface area contributed by atoms with Crippen molar-refractivity contribution in [2.24, 2.45) is 0 Å². The molecule has 0 radical (unpaired) electrons. The first-order valence-corrected chi connectivity index (χ1v) is 10.7. The maximum Gasteiger partial charge on any atom is 0.256 e. The van der Waals surface area contributed by atoms with E-state index in [9.17, 15) is 9.18 Å². The summed E-state index contributed by atoms with van der Waals surface area (Å²) >= 11 is 0. The second-order valence-electron chi connectivity index (χ2n) is 7.71. The third-order valence-electron chi connectivity index (χ3n) is 5.74. The molecule has 1 aliphatic heterocycles. The molecule has 32 heavy (non-hydrogen) atoms. The van der Waals surface area contributed by atoms with E-state index in [1.807, 2.05) is 41.9 Å². The Kier molecular flexibility index (Phi) is 5.26. The highest BCUT2D eigenvalue weighted by Crippen LogP contribution is 2.27. The van der Waals surface area contributed by atoms with Crippen LogP contribution in [0.4, 0.5) is 10.2 Å². The smallest absolute Gasteiger partial charge is 0.256 e. The van der Waals surface area contributed by atoms with E-state index >= 15 is 0 Å². The molecule has 1 saturated heterocycles. The lowest BCUT2D eigenvalue weighted by Gasteiger charge is -2.35. The van der Waals surface area contributed by atoms with Gasteiger partial charge in [0.15, 0.2) is 5.65 Å². The predicted molar refractivity (Wildman–Crippen MR) is 121 cm³/mol. The lowest BCUT2D eigenvalue weighted by Crippen LogP contribution is -2.49. The van der Waals surface area contributed by atoms with Crippen LogP contribution in [0.1, 0.15) is 23.1 Å². The van der Waals surface area contributed by atoms with E-state index in [0.717, 1.165) is 28.4 Å². The molecular weight excluding hydrogens is 407 g/mol. The van der Waals surface area contributed by atoms with Crippen LogP contribution in [0.5, 0.6) is 0 Å². The summed E-state index contributed by atoms with van der Waals surface area (Å²) in [5, 5.41) is 5.45. The zero-order valence-electron chi connectivity index (χ0n) is 17.8. The Morgan fingerprint density at radius 3 is 2.41 bits per heavy atom. The SMILES string of the molecule is CCc1nc(N2CCN(C(=O)c3ccccc3F)CC2)c2cnn(-c3ccccc3)c2n1. The molecule has 4 aromatic rings. The van der Waals surface area contributed by atoms with Crippen molar-refractivity contribution in [1.29, 1.82) is 0 Å². The molecule has 8 heteroatoms. The predicted octanol–water partition coefficient (Wildman–Crippen LogP) is 3.48. The van der Waals surface area contributed by atoms with E-state index in [0.29, 0.717) is 32.6 Å². The van der Waals surface area contributed by atoms with Gasteiger partial charge in [-0.15, -0.1) is 0 Å². The molecule has 1 aliphatic rings. The number of aryl methyl sites for hydroxylation is 1. The lowest BCUT2D eigenvalue weighted by atomic mass is 10.1. The number of para-hydroxylation sites is 1. The van der Waals surface area contributed by atoms with Crippen LogP contribution in [0.3, 0.4) is 0 Å². The molecule has 0 spiro atoms. The summed E-state index contributed by atoms with van der Waals surface area (Å²) < 4.78 is 15.9. The van der Waals surface area contributed by atoms with Crippen LogP contribution in [0.15, 0.2) is 60.8 Å². The molecule has 0 saturated carbocycles. The maximum absolute atomic E-state index is 14.1. The highest BCUT2D eigenvalue weighted by molar-refractivity contribution is 5.95. The molecular formula is C24H23FN6O. The van der Waals surface area contributed by atoms with E-state index in [2.05, 4.69) is 10.00 Å². The minimum absolute atomic E-state index is 0.114. The number of anilines is 1. The van der Waals surface area contributed by atoms with Crippen LogP contribution < -0.4 is 4.90 Å². The first kappa shape index (κ1) is 20.1. The Bertz CT molecular complexity index is 1260. The van der Waals surface area contributed by atoms with Crippen LogP contribution in [-0.4, -0.2) is 56.7 Å². The van der Waals surface area contributed by atoms with Gasteiger partial charge in [0.2, 0.25) is 0 Å². The fourth-order valence-electron chi connectivity index (χ4n) is 4.02. The third kappa shape index (κ3) is 3.57. The van der Waals surface area contributed by atoms with Gasteiger partial charge in [-0.05, 0) is 24.3 Å². The van der Waals surface area contributed by atoms with Crippen molar-refractivity contribution in [3.8, 4) is 5.69 Å². The minimum atomic E-state index is -0.488. The van der Waals surface area contributed by atoms with E-state index < -0.39 is 5.82 Å². The van der Waals surface area contributed by atoms with Crippen molar-refractivity contribution >= 4 is 22.8 Å². The van der Waals surface area contributed by atoms with Gasteiger partial charge in [-0.1, -0.05) is 37.3 Å². The van der Waals surface area contributed by atoms with E-state index in [-0.39, 0.29) is 11.5 Å².